The Balaban J connectivity index is 2.24. The Bertz CT molecular complexity index is 593. The van der Waals surface area contributed by atoms with Gasteiger partial charge in [0.2, 0.25) is 0 Å². The molecule has 0 radical (unpaired) electrons. The van der Waals surface area contributed by atoms with Crippen LogP contribution in [0.2, 0.25) is 0 Å². The van der Waals surface area contributed by atoms with Crippen molar-refractivity contribution in [2.24, 2.45) is 11.7 Å². The number of nitrogens with one attached hydrogen (secondary N) is 1. The van der Waals surface area contributed by atoms with E-state index in [1.165, 1.54) is 26.4 Å². The number of rotatable bonds is 5. The molecule has 6 heteroatoms. The third kappa shape index (κ3) is 3.94. The maximum absolute atomic E-state index is 12.6. The van der Waals surface area contributed by atoms with Gasteiger partial charge in [-0.15, -0.1) is 0 Å². The van der Waals surface area contributed by atoms with E-state index in [2.05, 4.69) is 12.2 Å². The fourth-order valence-electron chi connectivity index (χ4n) is 2.94. The highest BCUT2D eigenvalue weighted by Gasteiger charge is 2.24. The molecule has 126 valence electrons. The first-order chi connectivity index (χ1) is 11.0. The Morgan fingerprint density at radius 3 is 2.13 bits per heavy atom. The van der Waals surface area contributed by atoms with Crippen molar-refractivity contribution in [3.05, 3.63) is 23.3 Å². The predicted octanol–water partition coefficient (Wildman–Crippen LogP) is 2.11. The van der Waals surface area contributed by atoms with E-state index in [1.54, 1.807) is 0 Å². The zero-order chi connectivity index (χ0) is 17.0. The van der Waals surface area contributed by atoms with Crippen molar-refractivity contribution < 1.29 is 19.1 Å². The molecule has 0 atom stereocenters. The van der Waals surface area contributed by atoms with Gasteiger partial charge >= 0.3 is 0 Å². The van der Waals surface area contributed by atoms with Gasteiger partial charge in [-0.1, -0.05) is 6.92 Å². The zero-order valence-electron chi connectivity index (χ0n) is 13.8. The molecular formula is C17H24N2O4. The van der Waals surface area contributed by atoms with E-state index in [4.69, 9.17) is 15.2 Å². The van der Waals surface area contributed by atoms with Crippen LogP contribution < -0.4 is 20.5 Å². The summed E-state index contributed by atoms with van der Waals surface area (Å²) in [4.78, 5) is 24.1. The van der Waals surface area contributed by atoms with E-state index in [-0.39, 0.29) is 23.3 Å². The van der Waals surface area contributed by atoms with E-state index in [0.29, 0.717) is 17.2 Å². The average molecular weight is 320 g/mol. The molecule has 0 aromatic heterocycles. The van der Waals surface area contributed by atoms with Gasteiger partial charge in [0, 0.05) is 12.1 Å². The summed E-state index contributed by atoms with van der Waals surface area (Å²) in [5.74, 6) is 0.447. The number of carbonyl (C=O) groups is 2. The third-order valence-electron chi connectivity index (χ3n) is 4.38. The molecule has 0 spiro atoms. The maximum Gasteiger partial charge on any atom is 0.255 e. The van der Waals surface area contributed by atoms with Gasteiger partial charge < -0.3 is 20.5 Å². The number of amides is 2. The van der Waals surface area contributed by atoms with E-state index in [9.17, 15) is 9.59 Å². The van der Waals surface area contributed by atoms with Gasteiger partial charge in [-0.2, -0.15) is 0 Å². The second kappa shape index (κ2) is 7.35. The van der Waals surface area contributed by atoms with Crippen LogP contribution in [0.15, 0.2) is 12.1 Å². The number of benzene rings is 1. The number of carbonyl (C=O) groups excluding carboxylic acids is 2. The van der Waals surface area contributed by atoms with Crippen molar-refractivity contribution in [3.8, 4) is 11.5 Å². The molecule has 1 aromatic carbocycles. The molecular weight excluding hydrogens is 296 g/mol. The van der Waals surface area contributed by atoms with Crippen LogP contribution in [0.5, 0.6) is 11.5 Å². The van der Waals surface area contributed by atoms with Gasteiger partial charge in [0.1, 0.15) is 11.5 Å². The first-order valence-electron chi connectivity index (χ1n) is 7.83. The smallest absolute Gasteiger partial charge is 0.255 e. The summed E-state index contributed by atoms with van der Waals surface area (Å²) in [7, 11) is 2.90. The number of primary amides is 1. The van der Waals surface area contributed by atoms with Crippen LogP contribution in [-0.2, 0) is 0 Å². The van der Waals surface area contributed by atoms with Crippen LogP contribution in [0.4, 0.5) is 0 Å². The summed E-state index contributed by atoms with van der Waals surface area (Å²) in [6.45, 7) is 2.23. The lowest BCUT2D eigenvalue weighted by Gasteiger charge is -2.27. The minimum atomic E-state index is -0.648. The fourth-order valence-corrected chi connectivity index (χ4v) is 2.94. The summed E-state index contributed by atoms with van der Waals surface area (Å²) >= 11 is 0. The van der Waals surface area contributed by atoms with Crippen molar-refractivity contribution >= 4 is 11.8 Å². The molecule has 0 aliphatic heterocycles. The Morgan fingerprint density at radius 2 is 1.61 bits per heavy atom. The minimum absolute atomic E-state index is 0.155. The molecule has 0 saturated heterocycles. The summed E-state index contributed by atoms with van der Waals surface area (Å²) in [6, 6.07) is 3.10. The van der Waals surface area contributed by atoms with E-state index in [1.807, 2.05) is 0 Å². The highest BCUT2D eigenvalue weighted by Crippen LogP contribution is 2.30. The fraction of sp³-hybridized carbons (Fsp3) is 0.529. The van der Waals surface area contributed by atoms with Crippen LogP contribution in [0.1, 0.15) is 53.3 Å². The standard InChI is InChI=1S/C17H24N2O4/c1-10-4-6-11(7-5-10)19-17(21)13-8-12(16(18)20)14(22-2)9-15(13)23-3/h8-11H,4-7H2,1-3H3,(H2,18,20)(H,19,21)/t10-,11+. The molecule has 23 heavy (non-hydrogen) atoms. The zero-order valence-corrected chi connectivity index (χ0v) is 13.8. The molecule has 1 aromatic rings. The second-order valence-electron chi connectivity index (χ2n) is 6.05. The average Bonchev–Trinajstić information content (AvgIpc) is 2.55. The molecule has 0 bridgehead atoms. The molecule has 0 heterocycles. The molecule has 3 N–H and O–H groups in total. The Kier molecular flexibility index (Phi) is 5.47. The van der Waals surface area contributed by atoms with E-state index in [0.717, 1.165) is 25.7 Å². The highest BCUT2D eigenvalue weighted by atomic mass is 16.5. The second-order valence-corrected chi connectivity index (χ2v) is 6.05. The Labute approximate surface area is 136 Å². The van der Waals surface area contributed by atoms with Crippen LogP contribution in [0.3, 0.4) is 0 Å². The summed E-state index contributed by atoms with van der Waals surface area (Å²) in [6.07, 6.45) is 4.15. The molecule has 1 fully saturated rings. The van der Waals surface area contributed by atoms with Gasteiger partial charge in [0.15, 0.2) is 0 Å². The summed E-state index contributed by atoms with van der Waals surface area (Å²) in [5, 5.41) is 3.02. The monoisotopic (exact) mass is 320 g/mol. The third-order valence-corrected chi connectivity index (χ3v) is 4.38. The van der Waals surface area contributed by atoms with Gasteiger partial charge in [-0.25, -0.2) is 0 Å². The van der Waals surface area contributed by atoms with Gasteiger partial charge in [0.05, 0.1) is 25.3 Å². The molecule has 0 unspecified atom stereocenters. The lowest BCUT2D eigenvalue weighted by Crippen LogP contribution is -2.37. The Morgan fingerprint density at radius 1 is 1.04 bits per heavy atom. The molecule has 1 saturated carbocycles. The molecule has 1 aliphatic rings. The number of hydrogen-bond acceptors (Lipinski definition) is 4. The van der Waals surface area contributed by atoms with Gasteiger partial charge in [-0.05, 0) is 37.7 Å². The number of nitrogens with two attached hydrogens (primary N) is 1. The van der Waals surface area contributed by atoms with Crippen LogP contribution in [-0.4, -0.2) is 32.1 Å². The van der Waals surface area contributed by atoms with Crippen molar-refractivity contribution in [1.29, 1.82) is 0 Å². The van der Waals surface area contributed by atoms with Crippen LogP contribution in [0.25, 0.3) is 0 Å². The molecule has 1 aliphatic carbocycles. The van der Waals surface area contributed by atoms with Crippen molar-refractivity contribution in [1.82, 2.24) is 5.32 Å². The van der Waals surface area contributed by atoms with E-state index >= 15 is 0 Å². The summed E-state index contributed by atoms with van der Waals surface area (Å²) in [5.41, 5.74) is 5.81. The molecule has 2 amide bonds. The molecule has 2 rings (SSSR count). The SMILES string of the molecule is COc1cc(OC)c(C(=O)N[C@H]2CC[C@@H](C)CC2)cc1C(N)=O. The summed E-state index contributed by atoms with van der Waals surface area (Å²) < 4.78 is 10.4. The van der Waals surface area contributed by atoms with Crippen LogP contribution in [0, 0.1) is 5.92 Å². The minimum Gasteiger partial charge on any atom is -0.496 e. The first-order valence-corrected chi connectivity index (χ1v) is 7.83. The maximum atomic E-state index is 12.6. The van der Waals surface area contributed by atoms with Gasteiger partial charge in [-0.3, -0.25) is 9.59 Å². The highest BCUT2D eigenvalue weighted by molar-refractivity contribution is 6.02. The van der Waals surface area contributed by atoms with E-state index < -0.39 is 5.91 Å². The normalized spacial score (nSPS) is 20.7. The lowest BCUT2D eigenvalue weighted by molar-refractivity contribution is 0.0920. The lowest BCUT2D eigenvalue weighted by atomic mass is 9.87. The Hall–Kier alpha value is -2.24. The topological polar surface area (TPSA) is 90.7 Å². The van der Waals surface area contributed by atoms with Crippen LogP contribution >= 0.6 is 0 Å². The predicted molar refractivity (Wildman–Crippen MR) is 87.0 cm³/mol. The number of methoxy groups -OCH3 is 2. The first kappa shape index (κ1) is 17.1. The largest absolute Gasteiger partial charge is 0.496 e. The number of ether oxygens (including phenoxy) is 2. The van der Waals surface area contributed by atoms with Crippen molar-refractivity contribution in [2.45, 2.75) is 38.6 Å². The van der Waals surface area contributed by atoms with Gasteiger partial charge in [0.25, 0.3) is 11.8 Å². The van der Waals surface area contributed by atoms with Crippen molar-refractivity contribution in [2.75, 3.05) is 14.2 Å². The quantitative estimate of drug-likeness (QED) is 0.869. The van der Waals surface area contributed by atoms with Crippen molar-refractivity contribution in [3.63, 3.8) is 0 Å². The molecule has 6 nitrogen and oxygen atoms in total. The number of hydrogen-bond donors (Lipinski definition) is 2.